The zero-order chi connectivity index (χ0) is 15.9. The van der Waals surface area contributed by atoms with Crippen LogP contribution in [0.5, 0.6) is 0 Å². The summed E-state index contributed by atoms with van der Waals surface area (Å²) in [6.45, 7) is 8.00. The number of pyridine rings is 1. The van der Waals surface area contributed by atoms with Crippen LogP contribution in [0.4, 0.5) is 0 Å². The van der Waals surface area contributed by atoms with Crippen molar-refractivity contribution in [3.63, 3.8) is 0 Å². The first-order valence-corrected chi connectivity index (χ1v) is 9.53. The summed E-state index contributed by atoms with van der Waals surface area (Å²) in [5, 5.41) is 5.83. The van der Waals surface area contributed by atoms with E-state index in [1.54, 1.807) is 11.3 Å². The molecular weight excluding hydrogens is 288 g/mol. The highest BCUT2D eigenvalue weighted by atomic mass is 32.1. The highest BCUT2D eigenvalue weighted by Crippen LogP contribution is 2.40. The number of aromatic nitrogens is 1. The molecule has 3 heteroatoms. The van der Waals surface area contributed by atoms with Crippen molar-refractivity contribution in [2.45, 2.75) is 65.0 Å². The predicted molar refractivity (Wildman–Crippen MR) is 97.5 cm³/mol. The van der Waals surface area contributed by atoms with Crippen molar-refractivity contribution in [2.75, 3.05) is 0 Å². The molecule has 2 saturated heterocycles. The topological polar surface area (TPSA) is 24.9 Å². The van der Waals surface area contributed by atoms with Gasteiger partial charge < -0.3 is 5.32 Å². The summed E-state index contributed by atoms with van der Waals surface area (Å²) in [6, 6.07) is 8.06. The van der Waals surface area contributed by atoms with E-state index in [1.807, 2.05) is 33.9 Å². The van der Waals surface area contributed by atoms with Gasteiger partial charge in [-0.1, -0.05) is 33.8 Å². The molecule has 120 valence electrons. The maximum atomic E-state index is 4.45. The van der Waals surface area contributed by atoms with E-state index in [1.165, 1.54) is 35.3 Å². The van der Waals surface area contributed by atoms with Gasteiger partial charge in [0, 0.05) is 40.8 Å². The van der Waals surface area contributed by atoms with Gasteiger partial charge in [0.1, 0.15) is 0 Å². The lowest BCUT2D eigenvalue weighted by molar-refractivity contribution is 0.505. The van der Waals surface area contributed by atoms with Crippen LogP contribution >= 0.6 is 11.3 Å². The maximum Gasteiger partial charge on any atom is 0.0358 e. The van der Waals surface area contributed by atoms with Crippen molar-refractivity contribution in [3.05, 3.63) is 41.5 Å². The molecule has 2 bridgehead atoms. The molecule has 22 heavy (non-hydrogen) atoms. The molecule has 0 aromatic carbocycles. The van der Waals surface area contributed by atoms with E-state index < -0.39 is 0 Å². The first-order valence-electron chi connectivity index (χ1n) is 8.65. The zero-order valence-electron chi connectivity index (χ0n) is 14.2. The third-order valence-corrected chi connectivity index (χ3v) is 5.21. The SMILES string of the molecule is CC.CC.c1csc(-c2cncc(C3CC4CCC3N4)c2)c1. The molecule has 2 aliphatic heterocycles. The van der Waals surface area contributed by atoms with E-state index in [0.717, 1.165) is 6.04 Å². The average Bonchev–Trinajstić information content (AvgIpc) is 3.36. The Kier molecular flexibility index (Phi) is 6.59. The zero-order valence-corrected chi connectivity index (χ0v) is 15.0. The van der Waals surface area contributed by atoms with Crippen LogP contribution in [0, 0.1) is 0 Å². The van der Waals surface area contributed by atoms with Crippen LogP contribution in [0.1, 0.15) is 58.4 Å². The minimum atomic E-state index is 0.677. The molecular formula is C19H28N2S. The van der Waals surface area contributed by atoms with Crippen LogP contribution in [0.3, 0.4) is 0 Å². The van der Waals surface area contributed by atoms with Gasteiger partial charge in [-0.15, -0.1) is 11.3 Å². The molecule has 4 heterocycles. The first kappa shape index (κ1) is 17.2. The highest BCUT2D eigenvalue weighted by molar-refractivity contribution is 7.13. The van der Waals surface area contributed by atoms with Gasteiger partial charge in [0.15, 0.2) is 0 Å². The van der Waals surface area contributed by atoms with Crippen LogP contribution < -0.4 is 5.32 Å². The molecule has 2 aromatic rings. The van der Waals surface area contributed by atoms with Crippen LogP contribution in [0.15, 0.2) is 36.0 Å². The lowest BCUT2D eigenvalue weighted by atomic mass is 9.84. The molecule has 0 amide bonds. The number of hydrogen-bond donors (Lipinski definition) is 1. The van der Waals surface area contributed by atoms with Crippen LogP contribution in [0.25, 0.3) is 10.4 Å². The normalized spacial score (nSPS) is 25.0. The van der Waals surface area contributed by atoms with Crippen molar-refractivity contribution in [3.8, 4) is 10.4 Å². The van der Waals surface area contributed by atoms with E-state index in [4.69, 9.17) is 0 Å². The quantitative estimate of drug-likeness (QED) is 0.794. The van der Waals surface area contributed by atoms with Gasteiger partial charge in [-0.3, -0.25) is 4.98 Å². The fourth-order valence-electron chi connectivity index (χ4n) is 3.43. The monoisotopic (exact) mass is 316 g/mol. The first-order chi connectivity index (χ1) is 10.9. The van der Waals surface area contributed by atoms with Crippen LogP contribution in [-0.2, 0) is 0 Å². The van der Waals surface area contributed by atoms with Gasteiger partial charge in [-0.05, 0) is 42.3 Å². The molecule has 2 aliphatic rings. The summed E-state index contributed by atoms with van der Waals surface area (Å²) < 4.78 is 0. The largest absolute Gasteiger partial charge is 0.311 e. The molecule has 1 N–H and O–H groups in total. The number of rotatable bonds is 2. The summed E-state index contributed by atoms with van der Waals surface area (Å²) >= 11 is 1.79. The molecule has 0 aliphatic carbocycles. The van der Waals surface area contributed by atoms with Crippen LogP contribution in [0.2, 0.25) is 0 Å². The van der Waals surface area contributed by atoms with E-state index in [2.05, 4.69) is 40.1 Å². The molecule has 0 saturated carbocycles. The number of fused-ring (bicyclic) bond motifs is 2. The van der Waals surface area contributed by atoms with Gasteiger partial charge in [0.2, 0.25) is 0 Å². The van der Waals surface area contributed by atoms with E-state index >= 15 is 0 Å². The lowest BCUT2D eigenvalue weighted by Crippen LogP contribution is -2.21. The van der Waals surface area contributed by atoms with Crippen molar-refractivity contribution < 1.29 is 0 Å². The van der Waals surface area contributed by atoms with Crippen molar-refractivity contribution in [2.24, 2.45) is 0 Å². The van der Waals surface area contributed by atoms with Gasteiger partial charge in [-0.2, -0.15) is 0 Å². The summed E-state index contributed by atoms with van der Waals surface area (Å²) in [5.74, 6) is 0.677. The van der Waals surface area contributed by atoms with Gasteiger partial charge >= 0.3 is 0 Å². The minimum Gasteiger partial charge on any atom is -0.311 e. The molecule has 2 fully saturated rings. The molecule has 2 nitrogen and oxygen atoms in total. The van der Waals surface area contributed by atoms with Gasteiger partial charge in [0.25, 0.3) is 0 Å². The van der Waals surface area contributed by atoms with Gasteiger partial charge in [-0.25, -0.2) is 0 Å². The molecule has 2 aromatic heterocycles. The van der Waals surface area contributed by atoms with E-state index in [9.17, 15) is 0 Å². The Bertz CT molecular complexity index is 550. The molecule has 0 radical (unpaired) electrons. The highest BCUT2D eigenvalue weighted by Gasteiger charge is 2.39. The maximum absolute atomic E-state index is 4.45. The number of nitrogens with one attached hydrogen (secondary N) is 1. The Morgan fingerprint density at radius 3 is 2.55 bits per heavy atom. The summed E-state index contributed by atoms with van der Waals surface area (Å²) in [4.78, 5) is 5.77. The third kappa shape index (κ3) is 3.58. The Labute approximate surface area is 139 Å². The summed E-state index contributed by atoms with van der Waals surface area (Å²) in [7, 11) is 0. The minimum absolute atomic E-state index is 0.677. The molecule has 4 rings (SSSR count). The third-order valence-electron chi connectivity index (χ3n) is 4.29. The molecule has 3 atom stereocenters. The van der Waals surface area contributed by atoms with Crippen molar-refractivity contribution in [1.82, 2.24) is 10.3 Å². The number of hydrogen-bond acceptors (Lipinski definition) is 3. The second-order valence-electron chi connectivity index (χ2n) is 5.37. The Morgan fingerprint density at radius 1 is 1.14 bits per heavy atom. The summed E-state index contributed by atoms with van der Waals surface area (Å²) in [6.07, 6.45) is 8.03. The molecule has 3 unspecified atom stereocenters. The second-order valence-corrected chi connectivity index (χ2v) is 6.32. The Morgan fingerprint density at radius 2 is 1.95 bits per heavy atom. The Hall–Kier alpha value is -1.19. The fourth-order valence-corrected chi connectivity index (χ4v) is 4.14. The molecule has 0 spiro atoms. The second kappa shape index (κ2) is 8.44. The number of nitrogens with zero attached hydrogens (tertiary/aromatic N) is 1. The van der Waals surface area contributed by atoms with Crippen molar-refractivity contribution >= 4 is 11.3 Å². The predicted octanol–water partition coefficient (Wildman–Crippen LogP) is 5.47. The van der Waals surface area contributed by atoms with Crippen LogP contribution in [-0.4, -0.2) is 17.1 Å². The van der Waals surface area contributed by atoms with Crippen molar-refractivity contribution in [1.29, 1.82) is 0 Å². The average molecular weight is 317 g/mol. The smallest absolute Gasteiger partial charge is 0.0358 e. The summed E-state index contributed by atoms with van der Waals surface area (Å²) in [5.41, 5.74) is 2.69. The van der Waals surface area contributed by atoms with E-state index in [-0.39, 0.29) is 0 Å². The fraction of sp³-hybridized carbons (Fsp3) is 0.526. The number of thiophene rings is 1. The Balaban J connectivity index is 0.000000410. The van der Waals surface area contributed by atoms with Gasteiger partial charge in [0.05, 0.1) is 0 Å². The van der Waals surface area contributed by atoms with E-state index in [0.29, 0.717) is 12.0 Å². The lowest BCUT2D eigenvalue weighted by Gasteiger charge is -2.20. The standard InChI is InChI=1S/C15H16N2S.2C2H6/c1-2-15(18-5-1)11-6-10(8-16-9-11)13-7-12-3-4-14(13)17-12;2*1-2/h1-2,5-6,8-9,12-14,17H,3-4,7H2;2*1-2H3.